The van der Waals surface area contributed by atoms with Gasteiger partial charge in [0, 0.05) is 5.56 Å². The van der Waals surface area contributed by atoms with Crippen molar-refractivity contribution in [2.45, 2.75) is 18.6 Å². The van der Waals surface area contributed by atoms with Crippen LogP contribution in [-0.4, -0.2) is 5.66 Å². The van der Waals surface area contributed by atoms with Crippen molar-refractivity contribution >= 4 is 0 Å². The van der Waals surface area contributed by atoms with E-state index in [1.165, 1.54) is 6.07 Å². The molecule has 0 bridgehead atoms. The molecule has 1 aromatic carbocycles. The molecule has 4 heteroatoms. The average Bonchev–Trinajstić information content (AvgIpc) is 2.85. The van der Waals surface area contributed by atoms with Gasteiger partial charge in [0.25, 0.3) is 0 Å². The summed E-state index contributed by atoms with van der Waals surface area (Å²) in [5.41, 5.74) is 5.67. The highest BCUT2D eigenvalue weighted by Crippen LogP contribution is 2.38. The zero-order valence-corrected chi connectivity index (χ0v) is 7.24. The normalized spacial score (nSPS) is 19.9. The maximum atomic E-state index is 13.2. The first kappa shape index (κ1) is 8.31. The Morgan fingerprint density at radius 2 is 2.00 bits per heavy atom. The summed E-state index contributed by atoms with van der Waals surface area (Å²) >= 11 is 0. The summed E-state index contributed by atoms with van der Waals surface area (Å²) < 4.78 is 13.2. The van der Waals surface area contributed by atoms with Crippen molar-refractivity contribution < 1.29 is 4.39 Å². The molecule has 1 aromatic rings. The third-order valence-electron chi connectivity index (χ3n) is 2.24. The van der Waals surface area contributed by atoms with Crippen LogP contribution >= 0.6 is 0 Å². The van der Waals surface area contributed by atoms with E-state index in [9.17, 15) is 4.39 Å². The number of hydrogen-bond acceptors (Lipinski definition) is 3. The van der Waals surface area contributed by atoms with Crippen LogP contribution in [0.2, 0.25) is 0 Å². The molecule has 0 saturated heterocycles. The number of rotatable bonds is 2. The predicted molar refractivity (Wildman–Crippen MR) is 46.6 cm³/mol. The van der Waals surface area contributed by atoms with E-state index in [-0.39, 0.29) is 5.82 Å². The molecule has 13 heavy (non-hydrogen) atoms. The minimum Gasteiger partial charge on any atom is -0.320 e. The molecule has 0 amide bonds. The molecule has 68 valence electrons. The molecule has 2 N–H and O–H groups in total. The summed E-state index contributed by atoms with van der Waals surface area (Å²) in [7, 11) is 0. The second-order valence-electron chi connectivity index (χ2n) is 3.29. The Kier molecular flexibility index (Phi) is 1.66. The first-order valence-corrected chi connectivity index (χ1v) is 4.07. The van der Waals surface area contributed by atoms with Crippen LogP contribution in [0.5, 0.6) is 0 Å². The molecule has 0 aliphatic carbocycles. The number of halogens is 1. The number of nitrogens with two attached hydrogens (primary N) is 1. The van der Waals surface area contributed by atoms with Crippen molar-refractivity contribution in [2.24, 2.45) is 16.0 Å². The summed E-state index contributed by atoms with van der Waals surface area (Å²) in [6.07, 6.45) is 0. The highest BCUT2D eigenvalue weighted by atomic mass is 19.1. The Morgan fingerprint density at radius 1 is 1.38 bits per heavy atom. The van der Waals surface area contributed by atoms with Crippen LogP contribution in [0.1, 0.15) is 18.5 Å². The zero-order chi connectivity index (χ0) is 9.47. The van der Waals surface area contributed by atoms with Crippen LogP contribution in [0, 0.1) is 5.82 Å². The largest absolute Gasteiger partial charge is 0.320 e. The topological polar surface area (TPSA) is 50.7 Å². The highest BCUT2D eigenvalue weighted by molar-refractivity contribution is 5.25. The van der Waals surface area contributed by atoms with Gasteiger partial charge in [-0.1, -0.05) is 18.2 Å². The molecule has 0 aromatic heterocycles. The van der Waals surface area contributed by atoms with Gasteiger partial charge < -0.3 is 5.73 Å². The van der Waals surface area contributed by atoms with Crippen molar-refractivity contribution in [3.8, 4) is 0 Å². The van der Waals surface area contributed by atoms with Crippen LogP contribution < -0.4 is 5.73 Å². The molecular weight excluding hydrogens is 169 g/mol. The second kappa shape index (κ2) is 2.60. The summed E-state index contributed by atoms with van der Waals surface area (Å²) in [4.78, 5) is 0. The van der Waals surface area contributed by atoms with Gasteiger partial charge in [0.15, 0.2) is 0 Å². The van der Waals surface area contributed by atoms with Crippen LogP contribution in [0.25, 0.3) is 0 Å². The molecule has 1 aliphatic heterocycles. The summed E-state index contributed by atoms with van der Waals surface area (Å²) in [5, 5.41) is 7.57. The smallest absolute Gasteiger partial charge is 0.207 e. The van der Waals surface area contributed by atoms with Gasteiger partial charge in [-0.3, -0.25) is 0 Å². The zero-order valence-electron chi connectivity index (χ0n) is 7.24. The number of nitrogens with zero attached hydrogens (tertiary/aromatic N) is 2. The second-order valence-corrected chi connectivity index (χ2v) is 3.29. The number of benzene rings is 1. The van der Waals surface area contributed by atoms with E-state index >= 15 is 0 Å². The molecule has 0 saturated carbocycles. The Morgan fingerprint density at radius 3 is 2.54 bits per heavy atom. The van der Waals surface area contributed by atoms with Gasteiger partial charge in [-0.25, -0.2) is 4.39 Å². The van der Waals surface area contributed by atoms with Gasteiger partial charge in [-0.05, 0) is 13.0 Å². The van der Waals surface area contributed by atoms with E-state index < -0.39 is 11.7 Å². The summed E-state index contributed by atoms with van der Waals surface area (Å²) in [5.74, 6) is -0.298. The Labute approximate surface area is 75.5 Å². The fourth-order valence-electron chi connectivity index (χ4n) is 1.23. The quantitative estimate of drug-likeness (QED) is 0.741. The molecule has 2 rings (SSSR count). The van der Waals surface area contributed by atoms with Crippen molar-refractivity contribution in [3.05, 3.63) is 35.6 Å². The summed E-state index contributed by atoms with van der Waals surface area (Å²) in [6, 6.07) is 5.96. The van der Waals surface area contributed by atoms with Crippen molar-refractivity contribution in [3.63, 3.8) is 0 Å². The van der Waals surface area contributed by atoms with E-state index in [1.54, 1.807) is 25.1 Å². The van der Waals surface area contributed by atoms with Gasteiger partial charge in [0.1, 0.15) is 5.82 Å². The Hall–Kier alpha value is -1.29. The maximum absolute atomic E-state index is 13.2. The van der Waals surface area contributed by atoms with E-state index in [4.69, 9.17) is 5.73 Å². The first-order chi connectivity index (χ1) is 6.13. The first-order valence-electron chi connectivity index (χ1n) is 4.07. The molecule has 0 radical (unpaired) electrons. The molecular formula is C9H10FN3. The van der Waals surface area contributed by atoms with Crippen molar-refractivity contribution in [2.75, 3.05) is 0 Å². The molecule has 0 fully saturated rings. The van der Waals surface area contributed by atoms with Crippen LogP contribution in [-0.2, 0) is 0 Å². The lowest BCUT2D eigenvalue weighted by Gasteiger charge is -2.15. The lowest BCUT2D eigenvalue weighted by Crippen LogP contribution is -2.27. The molecule has 1 aliphatic rings. The highest BCUT2D eigenvalue weighted by Gasteiger charge is 2.42. The molecule has 1 unspecified atom stereocenters. The van der Waals surface area contributed by atoms with Gasteiger partial charge in [-0.2, -0.15) is 10.2 Å². The molecule has 3 nitrogen and oxygen atoms in total. The van der Waals surface area contributed by atoms with Crippen LogP contribution in [0.15, 0.2) is 34.5 Å². The molecule has 1 heterocycles. The third-order valence-corrected chi connectivity index (χ3v) is 2.24. The Bertz CT molecular complexity index is 356. The predicted octanol–water partition coefficient (Wildman–Crippen LogP) is 2.01. The average molecular weight is 179 g/mol. The van der Waals surface area contributed by atoms with Crippen LogP contribution in [0.4, 0.5) is 4.39 Å². The van der Waals surface area contributed by atoms with Gasteiger partial charge in [-0.15, -0.1) is 0 Å². The van der Waals surface area contributed by atoms with Crippen molar-refractivity contribution in [1.82, 2.24) is 0 Å². The van der Waals surface area contributed by atoms with E-state index in [1.807, 2.05) is 0 Å². The fourth-order valence-corrected chi connectivity index (χ4v) is 1.23. The SMILES string of the molecule is CC1(C(N)c2ccccc2F)N=N1. The van der Waals surface area contributed by atoms with Crippen LogP contribution in [0.3, 0.4) is 0 Å². The van der Waals surface area contributed by atoms with Gasteiger partial charge >= 0.3 is 0 Å². The van der Waals surface area contributed by atoms with Crippen molar-refractivity contribution in [1.29, 1.82) is 0 Å². The molecule has 0 spiro atoms. The monoisotopic (exact) mass is 179 g/mol. The minimum atomic E-state index is -0.609. The van der Waals surface area contributed by atoms with Gasteiger partial charge in [0.05, 0.1) is 6.04 Å². The lowest BCUT2D eigenvalue weighted by molar-refractivity contribution is 0.495. The van der Waals surface area contributed by atoms with E-state index in [0.29, 0.717) is 5.56 Å². The van der Waals surface area contributed by atoms with Gasteiger partial charge in [0.2, 0.25) is 5.66 Å². The standard InChI is InChI=1S/C9H10FN3/c1-9(12-13-9)8(11)6-4-2-3-5-7(6)10/h2-5,8H,11H2,1H3. The fraction of sp³-hybridized carbons (Fsp3) is 0.333. The third kappa shape index (κ3) is 1.33. The number of hydrogen-bond donors (Lipinski definition) is 1. The lowest BCUT2D eigenvalue weighted by atomic mass is 9.98. The van der Waals surface area contributed by atoms with E-state index in [0.717, 1.165) is 0 Å². The maximum Gasteiger partial charge on any atom is 0.207 e. The van der Waals surface area contributed by atoms with E-state index in [2.05, 4.69) is 10.2 Å². The Balaban J connectivity index is 2.30. The minimum absolute atomic E-state index is 0.298. The molecule has 1 atom stereocenters. The summed E-state index contributed by atoms with van der Waals surface area (Å²) in [6.45, 7) is 1.78.